The van der Waals surface area contributed by atoms with Gasteiger partial charge in [0.2, 0.25) is 5.91 Å². The van der Waals surface area contributed by atoms with Gasteiger partial charge in [-0.2, -0.15) is 0 Å². The van der Waals surface area contributed by atoms with Gasteiger partial charge in [-0.15, -0.1) is 0 Å². The molecule has 0 heterocycles. The van der Waals surface area contributed by atoms with E-state index in [4.69, 9.17) is 0 Å². The molecule has 0 aliphatic rings. The van der Waals surface area contributed by atoms with Crippen molar-refractivity contribution in [3.63, 3.8) is 0 Å². The molecule has 4 heteroatoms. The van der Waals surface area contributed by atoms with E-state index in [1.807, 2.05) is 24.3 Å². The zero-order valence-corrected chi connectivity index (χ0v) is 11.2. The van der Waals surface area contributed by atoms with Gasteiger partial charge in [0, 0.05) is 4.47 Å². The van der Waals surface area contributed by atoms with Crippen LogP contribution in [0.25, 0.3) is 0 Å². The van der Waals surface area contributed by atoms with Crippen LogP contribution in [0.15, 0.2) is 28.7 Å². The highest BCUT2D eigenvalue weighted by atomic mass is 79.9. The topological polar surface area (TPSA) is 41.1 Å². The molecule has 1 rings (SSSR count). The van der Waals surface area contributed by atoms with Crippen molar-refractivity contribution in [3.8, 4) is 0 Å². The second-order valence-electron chi connectivity index (χ2n) is 4.05. The van der Waals surface area contributed by atoms with E-state index in [9.17, 15) is 4.79 Å². The Kier molecular flexibility index (Phi) is 5.49. The van der Waals surface area contributed by atoms with Crippen LogP contribution in [0, 0.1) is 5.92 Å². The molecule has 88 valence electrons. The molecule has 0 unspecified atom stereocenters. The van der Waals surface area contributed by atoms with Crippen LogP contribution in [-0.2, 0) is 4.79 Å². The third-order valence-electron chi connectivity index (χ3n) is 1.99. The first-order valence-corrected chi connectivity index (χ1v) is 6.14. The monoisotopic (exact) mass is 284 g/mol. The maximum Gasteiger partial charge on any atom is 0.238 e. The van der Waals surface area contributed by atoms with E-state index in [1.54, 1.807) is 0 Å². The Bertz CT molecular complexity index is 353. The van der Waals surface area contributed by atoms with Gasteiger partial charge in [0.15, 0.2) is 0 Å². The van der Waals surface area contributed by atoms with Crippen molar-refractivity contribution in [1.29, 1.82) is 0 Å². The molecule has 1 aromatic carbocycles. The van der Waals surface area contributed by atoms with Crippen molar-refractivity contribution in [2.75, 3.05) is 18.4 Å². The lowest BCUT2D eigenvalue weighted by molar-refractivity contribution is -0.115. The van der Waals surface area contributed by atoms with Crippen LogP contribution in [0.1, 0.15) is 13.8 Å². The SMILES string of the molecule is CC(C)CNCC(=O)Nc1ccccc1Br. The Balaban J connectivity index is 2.37. The molecular weight excluding hydrogens is 268 g/mol. The summed E-state index contributed by atoms with van der Waals surface area (Å²) >= 11 is 3.38. The van der Waals surface area contributed by atoms with Crippen LogP contribution in [0.2, 0.25) is 0 Å². The highest BCUT2D eigenvalue weighted by Gasteiger charge is 2.04. The molecule has 1 aromatic rings. The number of anilines is 1. The molecule has 1 amide bonds. The number of nitrogens with one attached hydrogen (secondary N) is 2. The average molecular weight is 285 g/mol. The van der Waals surface area contributed by atoms with Crippen LogP contribution in [-0.4, -0.2) is 19.0 Å². The van der Waals surface area contributed by atoms with Gasteiger partial charge < -0.3 is 10.6 Å². The molecule has 0 aliphatic carbocycles. The first-order valence-electron chi connectivity index (χ1n) is 5.34. The Morgan fingerprint density at radius 3 is 2.69 bits per heavy atom. The van der Waals surface area contributed by atoms with Crippen molar-refractivity contribution in [2.24, 2.45) is 5.92 Å². The maximum atomic E-state index is 11.6. The summed E-state index contributed by atoms with van der Waals surface area (Å²) in [6.07, 6.45) is 0. The van der Waals surface area contributed by atoms with Gasteiger partial charge in [0.05, 0.1) is 12.2 Å². The predicted molar refractivity (Wildman–Crippen MR) is 70.5 cm³/mol. The van der Waals surface area contributed by atoms with Gasteiger partial charge in [-0.1, -0.05) is 26.0 Å². The number of carbonyl (C=O) groups is 1. The predicted octanol–water partition coefficient (Wildman–Crippen LogP) is 2.63. The molecule has 0 bridgehead atoms. The van der Waals surface area contributed by atoms with E-state index in [0.717, 1.165) is 16.7 Å². The minimum Gasteiger partial charge on any atom is -0.324 e. The number of carbonyl (C=O) groups excluding carboxylic acids is 1. The van der Waals surface area contributed by atoms with Crippen molar-refractivity contribution in [3.05, 3.63) is 28.7 Å². The van der Waals surface area contributed by atoms with Crippen molar-refractivity contribution in [2.45, 2.75) is 13.8 Å². The zero-order chi connectivity index (χ0) is 12.0. The quantitative estimate of drug-likeness (QED) is 0.873. The molecule has 0 saturated carbocycles. The lowest BCUT2D eigenvalue weighted by atomic mass is 10.2. The molecule has 0 saturated heterocycles. The van der Waals surface area contributed by atoms with E-state index in [1.165, 1.54) is 0 Å². The van der Waals surface area contributed by atoms with Gasteiger partial charge in [0.25, 0.3) is 0 Å². The second kappa shape index (κ2) is 6.66. The third kappa shape index (κ3) is 4.77. The highest BCUT2D eigenvalue weighted by Crippen LogP contribution is 2.20. The Labute approximate surface area is 105 Å². The van der Waals surface area contributed by atoms with Crippen LogP contribution < -0.4 is 10.6 Å². The molecule has 0 fully saturated rings. The molecule has 0 radical (unpaired) electrons. The van der Waals surface area contributed by atoms with Crippen LogP contribution >= 0.6 is 15.9 Å². The number of rotatable bonds is 5. The van der Waals surface area contributed by atoms with Crippen molar-refractivity contribution < 1.29 is 4.79 Å². The number of halogens is 1. The zero-order valence-electron chi connectivity index (χ0n) is 9.59. The van der Waals surface area contributed by atoms with Gasteiger partial charge in [-0.3, -0.25) is 4.79 Å². The number of hydrogen-bond donors (Lipinski definition) is 2. The smallest absolute Gasteiger partial charge is 0.238 e. The fourth-order valence-electron chi connectivity index (χ4n) is 1.23. The van der Waals surface area contributed by atoms with Crippen LogP contribution in [0.3, 0.4) is 0 Å². The number of hydrogen-bond acceptors (Lipinski definition) is 2. The summed E-state index contributed by atoms with van der Waals surface area (Å²) < 4.78 is 0.896. The largest absolute Gasteiger partial charge is 0.324 e. The first-order chi connectivity index (χ1) is 7.59. The summed E-state index contributed by atoms with van der Waals surface area (Å²) in [7, 11) is 0. The van der Waals surface area contributed by atoms with Crippen molar-refractivity contribution in [1.82, 2.24) is 5.32 Å². The molecule has 2 N–H and O–H groups in total. The fourth-order valence-corrected chi connectivity index (χ4v) is 1.62. The van der Waals surface area contributed by atoms with Crippen LogP contribution in [0.4, 0.5) is 5.69 Å². The Morgan fingerprint density at radius 2 is 2.06 bits per heavy atom. The normalized spacial score (nSPS) is 10.5. The van der Waals surface area contributed by atoms with E-state index in [2.05, 4.69) is 40.4 Å². The van der Waals surface area contributed by atoms with E-state index in [-0.39, 0.29) is 5.91 Å². The third-order valence-corrected chi connectivity index (χ3v) is 2.68. The van der Waals surface area contributed by atoms with Gasteiger partial charge in [-0.25, -0.2) is 0 Å². The van der Waals surface area contributed by atoms with Gasteiger partial charge in [-0.05, 0) is 40.5 Å². The number of benzene rings is 1. The summed E-state index contributed by atoms with van der Waals surface area (Å²) in [5, 5.41) is 5.93. The summed E-state index contributed by atoms with van der Waals surface area (Å²) in [5.74, 6) is 0.531. The highest BCUT2D eigenvalue weighted by molar-refractivity contribution is 9.10. The lowest BCUT2D eigenvalue weighted by Crippen LogP contribution is -2.30. The summed E-state index contributed by atoms with van der Waals surface area (Å²) in [6.45, 7) is 5.42. The van der Waals surface area contributed by atoms with E-state index < -0.39 is 0 Å². The molecule has 16 heavy (non-hydrogen) atoms. The van der Waals surface area contributed by atoms with E-state index in [0.29, 0.717) is 12.5 Å². The number of para-hydroxylation sites is 1. The second-order valence-corrected chi connectivity index (χ2v) is 4.91. The molecule has 0 aliphatic heterocycles. The average Bonchev–Trinajstić information content (AvgIpc) is 2.21. The fraction of sp³-hybridized carbons (Fsp3) is 0.417. The molecular formula is C12H17BrN2O. The summed E-state index contributed by atoms with van der Waals surface area (Å²) in [5.41, 5.74) is 0.804. The van der Waals surface area contributed by atoms with Gasteiger partial charge in [0.1, 0.15) is 0 Å². The summed E-state index contributed by atoms with van der Waals surface area (Å²) in [4.78, 5) is 11.6. The minimum absolute atomic E-state index is 0.0208. The minimum atomic E-state index is -0.0208. The van der Waals surface area contributed by atoms with Crippen molar-refractivity contribution >= 4 is 27.5 Å². The number of amides is 1. The molecule has 0 aromatic heterocycles. The van der Waals surface area contributed by atoms with Crippen LogP contribution in [0.5, 0.6) is 0 Å². The van der Waals surface area contributed by atoms with Gasteiger partial charge >= 0.3 is 0 Å². The molecule has 0 atom stereocenters. The first kappa shape index (κ1) is 13.2. The molecule has 0 spiro atoms. The maximum absolute atomic E-state index is 11.6. The lowest BCUT2D eigenvalue weighted by Gasteiger charge is -2.09. The van der Waals surface area contributed by atoms with E-state index >= 15 is 0 Å². The molecule has 3 nitrogen and oxygen atoms in total. The Morgan fingerprint density at radius 1 is 1.38 bits per heavy atom. The standard InChI is InChI=1S/C12H17BrN2O/c1-9(2)7-14-8-12(16)15-11-6-4-3-5-10(11)13/h3-6,9,14H,7-8H2,1-2H3,(H,15,16). The summed E-state index contributed by atoms with van der Waals surface area (Å²) in [6, 6.07) is 7.57. The Hall–Kier alpha value is -0.870.